The first-order valence-electron chi connectivity index (χ1n) is 17.3. The average molecular weight is 666 g/mol. The summed E-state index contributed by atoms with van der Waals surface area (Å²) in [4.78, 5) is 19.7. The van der Waals surface area contributed by atoms with Crippen LogP contribution >= 0.6 is 0 Å². The molecule has 0 aliphatic heterocycles. The minimum Gasteiger partial charge on any atom is -0.454 e. The molecule has 0 spiro atoms. The zero-order valence-electron chi connectivity index (χ0n) is 27.7. The van der Waals surface area contributed by atoms with Gasteiger partial charge in [-0.15, -0.1) is 0 Å². The van der Waals surface area contributed by atoms with Crippen LogP contribution in [0.15, 0.2) is 168 Å². The molecule has 0 bridgehead atoms. The van der Waals surface area contributed by atoms with E-state index < -0.39 is 0 Å². The van der Waals surface area contributed by atoms with Crippen molar-refractivity contribution in [1.29, 1.82) is 0 Å². The van der Waals surface area contributed by atoms with Crippen molar-refractivity contribution in [3.63, 3.8) is 0 Å². The number of benzene rings is 7. The number of pyridine rings is 1. The number of hydrogen-bond donors (Lipinski definition) is 0. The second-order valence-electron chi connectivity index (χ2n) is 13.1. The first-order chi connectivity index (χ1) is 25.7. The average Bonchev–Trinajstić information content (AvgIpc) is 3.74. The van der Waals surface area contributed by atoms with Gasteiger partial charge < -0.3 is 8.98 Å². The van der Waals surface area contributed by atoms with E-state index in [-0.39, 0.29) is 0 Å². The van der Waals surface area contributed by atoms with Crippen molar-refractivity contribution in [2.75, 3.05) is 0 Å². The molecule has 52 heavy (non-hydrogen) atoms. The SMILES string of the molecule is c1ccc(-c2nc(-c3ccc4ccccc4c3)nc(-c3cncc4oc5cc(-n6c7ccccc7c7cc8ccccc8cc76)ccc5c34)n2)cc1. The quantitative estimate of drug-likeness (QED) is 0.187. The number of rotatable bonds is 4. The number of para-hydroxylation sites is 1. The molecule has 0 saturated heterocycles. The van der Waals surface area contributed by atoms with E-state index in [1.54, 1.807) is 6.20 Å². The molecule has 0 unspecified atom stereocenters. The number of aromatic nitrogens is 5. The lowest BCUT2D eigenvalue weighted by atomic mass is 10.1. The lowest BCUT2D eigenvalue weighted by Crippen LogP contribution is -2.00. The number of fused-ring (bicyclic) bond motifs is 8. The molecule has 0 saturated carbocycles. The number of nitrogens with zero attached hydrogens (tertiary/aromatic N) is 5. The molecule has 0 radical (unpaired) electrons. The Balaban J connectivity index is 1.12. The summed E-state index contributed by atoms with van der Waals surface area (Å²) in [6.45, 7) is 0. The third kappa shape index (κ3) is 4.44. The Labute approximate surface area is 297 Å². The molecule has 6 nitrogen and oxygen atoms in total. The van der Waals surface area contributed by atoms with E-state index in [4.69, 9.17) is 19.4 Å². The maximum absolute atomic E-state index is 6.58. The summed E-state index contributed by atoms with van der Waals surface area (Å²) >= 11 is 0. The molecular weight excluding hydrogens is 639 g/mol. The lowest BCUT2D eigenvalue weighted by molar-refractivity contribution is 0.666. The highest BCUT2D eigenvalue weighted by Gasteiger charge is 2.20. The standard InChI is InChI=1S/C46H27N5O/c1-2-11-29(12-3-1)44-48-45(33-19-18-28-10-4-5-13-30(28)22-33)50-46(49-44)38-26-47-27-42-43(38)36-21-20-34(25-41(36)52-42)51-39-17-9-8-16-35(39)37-23-31-14-6-7-15-32(31)24-40(37)51/h1-27H. The molecular formula is C46H27N5O. The van der Waals surface area contributed by atoms with Crippen LogP contribution in [0.2, 0.25) is 0 Å². The van der Waals surface area contributed by atoms with Crippen LogP contribution in [0.5, 0.6) is 0 Å². The summed E-state index contributed by atoms with van der Waals surface area (Å²) in [5, 5.41) is 9.03. The number of furan rings is 1. The van der Waals surface area contributed by atoms with Gasteiger partial charge in [-0.3, -0.25) is 4.98 Å². The van der Waals surface area contributed by atoms with Crippen LogP contribution in [0.25, 0.3) is 105 Å². The van der Waals surface area contributed by atoms with Crippen LogP contribution in [0, 0.1) is 0 Å². The van der Waals surface area contributed by atoms with Gasteiger partial charge in [-0.1, -0.05) is 109 Å². The largest absolute Gasteiger partial charge is 0.454 e. The van der Waals surface area contributed by atoms with Crippen molar-refractivity contribution in [1.82, 2.24) is 24.5 Å². The molecule has 4 heterocycles. The van der Waals surface area contributed by atoms with Gasteiger partial charge in [-0.2, -0.15) is 0 Å². The molecule has 242 valence electrons. The maximum Gasteiger partial charge on any atom is 0.166 e. The Hall–Kier alpha value is -7.18. The molecule has 0 atom stereocenters. The predicted octanol–water partition coefficient (Wildman–Crippen LogP) is 11.6. The Morgan fingerprint density at radius 2 is 1.12 bits per heavy atom. The fourth-order valence-corrected chi connectivity index (χ4v) is 7.63. The summed E-state index contributed by atoms with van der Waals surface area (Å²) in [5.41, 5.74) is 7.37. The van der Waals surface area contributed by atoms with E-state index in [1.807, 2.05) is 48.7 Å². The molecule has 0 aliphatic rings. The normalized spacial score (nSPS) is 11.8. The van der Waals surface area contributed by atoms with E-state index in [0.717, 1.165) is 60.5 Å². The van der Waals surface area contributed by atoms with Gasteiger partial charge in [-0.25, -0.2) is 15.0 Å². The second-order valence-corrected chi connectivity index (χ2v) is 13.1. The van der Waals surface area contributed by atoms with Gasteiger partial charge in [-0.05, 0) is 57.9 Å². The van der Waals surface area contributed by atoms with Crippen LogP contribution in [-0.4, -0.2) is 24.5 Å². The second kappa shape index (κ2) is 11.2. The van der Waals surface area contributed by atoms with Gasteiger partial charge in [0.05, 0.1) is 17.2 Å². The van der Waals surface area contributed by atoms with E-state index in [2.05, 4.69) is 119 Å². The first-order valence-corrected chi connectivity index (χ1v) is 17.3. The van der Waals surface area contributed by atoms with E-state index in [9.17, 15) is 0 Å². The van der Waals surface area contributed by atoms with Crippen molar-refractivity contribution >= 4 is 65.3 Å². The highest BCUT2D eigenvalue weighted by Crippen LogP contribution is 2.39. The van der Waals surface area contributed by atoms with Crippen molar-refractivity contribution in [3.05, 3.63) is 164 Å². The fraction of sp³-hybridized carbons (Fsp3) is 0. The monoisotopic (exact) mass is 665 g/mol. The molecule has 7 aromatic carbocycles. The molecule has 0 amide bonds. The van der Waals surface area contributed by atoms with Gasteiger partial charge >= 0.3 is 0 Å². The molecule has 0 N–H and O–H groups in total. The maximum atomic E-state index is 6.58. The van der Waals surface area contributed by atoms with Crippen molar-refractivity contribution in [3.8, 4) is 39.9 Å². The molecule has 4 aromatic heterocycles. The van der Waals surface area contributed by atoms with Crippen LogP contribution in [0.3, 0.4) is 0 Å². The van der Waals surface area contributed by atoms with Gasteiger partial charge in [0.1, 0.15) is 5.58 Å². The van der Waals surface area contributed by atoms with Crippen molar-refractivity contribution in [2.24, 2.45) is 0 Å². The summed E-state index contributed by atoms with van der Waals surface area (Å²) < 4.78 is 8.91. The third-order valence-corrected chi connectivity index (χ3v) is 10.1. The highest BCUT2D eigenvalue weighted by atomic mass is 16.3. The summed E-state index contributed by atoms with van der Waals surface area (Å²) in [6.07, 6.45) is 3.60. The smallest absolute Gasteiger partial charge is 0.166 e. The first kappa shape index (κ1) is 28.6. The Morgan fingerprint density at radius 1 is 0.423 bits per heavy atom. The molecule has 6 heteroatoms. The van der Waals surface area contributed by atoms with E-state index in [0.29, 0.717) is 23.1 Å². The topological polar surface area (TPSA) is 69.6 Å². The highest BCUT2D eigenvalue weighted by molar-refractivity contribution is 6.15. The minimum atomic E-state index is 0.538. The predicted molar refractivity (Wildman–Crippen MR) is 211 cm³/mol. The summed E-state index contributed by atoms with van der Waals surface area (Å²) in [7, 11) is 0. The minimum absolute atomic E-state index is 0.538. The molecule has 11 aromatic rings. The zero-order chi connectivity index (χ0) is 34.2. The van der Waals surface area contributed by atoms with E-state index >= 15 is 0 Å². The Bertz CT molecular complexity index is 3200. The van der Waals surface area contributed by atoms with Crippen LogP contribution in [0.1, 0.15) is 0 Å². The Morgan fingerprint density at radius 3 is 1.96 bits per heavy atom. The van der Waals surface area contributed by atoms with Gasteiger partial charge in [0, 0.05) is 56.2 Å². The van der Waals surface area contributed by atoms with Gasteiger partial charge in [0.15, 0.2) is 23.1 Å². The lowest BCUT2D eigenvalue weighted by Gasteiger charge is -2.10. The molecule has 11 rings (SSSR count). The van der Waals surface area contributed by atoms with Gasteiger partial charge in [0.2, 0.25) is 0 Å². The van der Waals surface area contributed by atoms with Crippen molar-refractivity contribution < 1.29 is 4.42 Å². The van der Waals surface area contributed by atoms with E-state index in [1.165, 1.54) is 21.5 Å². The third-order valence-electron chi connectivity index (χ3n) is 10.1. The van der Waals surface area contributed by atoms with Gasteiger partial charge in [0.25, 0.3) is 0 Å². The summed E-state index contributed by atoms with van der Waals surface area (Å²) in [5.74, 6) is 1.73. The number of hydrogen-bond acceptors (Lipinski definition) is 5. The zero-order valence-corrected chi connectivity index (χ0v) is 27.7. The van der Waals surface area contributed by atoms with Crippen molar-refractivity contribution in [2.45, 2.75) is 0 Å². The molecule has 0 fully saturated rings. The molecule has 0 aliphatic carbocycles. The summed E-state index contributed by atoms with van der Waals surface area (Å²) in [6, 6.07) is 52.8. The van der Waals surface area contributed by atoms with Crippen LogP contribution in [0.4, 0.5) is 0 Å². The van der Waals surface area contributed by atoms with Crippen LogP contribution in [-0.2, 0) is 0 Å². The Kier molecular flexibility index (Phi) is 6.15. The van der Waals surface area contributed by atoms with Crippen LogP contribution < -0.4 is 0 Å². The fourth-order valence-electron chi connectivity index (χ4n) is 7.63.